The van der Waals surface area contributed by atoms with Gasteiger partial charge in [0.05, 0.1) is 9.90 Å². The zero-order chi connectivity index (χ0) is 20.5. The van der Waals surface area contributed by atoms with Crippen molar-refractivity contribution >= 4 is 44.6 Å². The molecule has 0 radical (unpaired) electrons. The van der Waals surface area contributed by atoms with E-state index in [-0.39, 0.29) is 15.3 Å². The number of rotatable bonds is 5. The first-order valence-corrected chi connectivity index (χ1v) is 11.5. The van der Waals surface area contributed by atoms with Crippen LogP contribution in [0.5, 0.6) is 0 Å². The molecule has 1 N–H and O–H groups in total. The summed E-state index contributed by atoms with van der Waals surface area (Å²) in [5.41, 5.74) is -0.0903. The third-order valence-corrected chi connectivity index (χ3v) is 7.76. The van der Waals surface area contributed by atoms with Crippen LogP contribution < -0.4 is 4.72 Å². The Morgan fingerprint density at radius 2 is 1.86 bits per heavy atom. The molecule has 0 bridgehead atoms. The summed E-state index contributed by atoms with van der Waals surface area (Å²) in [5.74, 6) is 0. The monoisotopic (exact) mass is 472 g/mol. The zero-order valence-electron chi connectivity index (χ0n) is 14.5. The van der Waals surface area contributed by atoms with E-state index >= 15 is 0 Å². The smallest absolute Gasteiger partial charge is 0.299 e. The van der Waals surface area contributed by atoms with Crippen LogP contribution in [0.1, 0.15) is 24.0 Å². The summed E-state index contributed by atoms with van der Waals surface area (Å²) in [5, 5.41) is 0. The molecule has 1 fully saturated rings. The van der Waals surface area contributed by atoms with Crippen LogP contribution in [0.15, 0.2) is 35.2 Å². The van der Waals surface area contributed by atoms with Crippen molar-refractivity contribution < 1.29 is 21.6 Å². The Hall–Kier alpha value is -0.840. The highest BCUT2D eigenvalue weighted by Gasteiger charge is 2.31. The summed E-state index contributed by atoms with van der Waals surface area (Å²) in [6.45, 7) is 1.53. The van der Waals surface area contributed by atoms with Crippen molar-refractivity contribution in [1.29, 1.82) is 0 Å². The van der Waals surface area contributed by atoms with Gasteiger partial charge in [-0.05, 0) is 30.5 Å². The first-order chi connectivity index (χ1) is 13.0. The Morgan fingerprint density at radius 1 is 1.18 bits per heavy atom. The van der Waals surface area contributed by atoms with Gasteiger partial charge in [-0.3, -0.25) is 4.90 Å². The first-order valence-electron chi connectivity index (χ1n) is 8.40. The van der Waals surface area contributed by atoms with Crippen molar-refractivity contribution in [2.24, 2.45) is 0 Å². The summed E-state index contributed by atoms with van der Waals surface area (Å²) in [6, 6.07) is 6.31. The molecule has 28 heavy (non-hydrogen) atoms. The van der Waals surface area contributed by atoms with Gasteiger partial charge in [-0.1, -0.05) is 41.4 Å². The van der Waals surface area contributed by atoms with E-state index in [1.54, 1.807) is 6.07 Å². The molecule has 0 unspecified atom stereocenters. The third-order valence-electron chi connectivity index (χ3n) is 4.48. The maximum atomic E-state index is 12.8. The van der Waals surface area contributed by atoms with E-state index in [0.29, 0.717) is 42.4 Å². The average Bonchev–Trinajstić information content (AvgIpc) is 2.95. The molecule has 1 aromatic carbocycles. The highest BCUT2D eigenvalue weighted by atomic mass is 35.5. The summed E-state index contributed by atoms with van der Waals surface area (Å²) < 4.78 is 66.5. The predicted molar refractivity (Wildman–Crippen MR) is 104 cm³/mol. The van der Waals surface area contributed by atoms with Gasteiger partial charge in [0.1, 0.15) is 9.23 Å². The van der Waals surface area contributed by atoms with Crippen LogP contribution in [-0.4, -0.2) is 32.4 Å². The van der Waals surface area contributed by atoms with Gasteiger partial charge in [-0.15, -0.1) is 11.3 Å². The number of halogens is 5. The van der Waals surface area contributed by atoms with Crippen LogP contribution in [0.2, 0.25) is 8.67 Å². The molecular weight excluding hydrogens is 456 g/mol. The maximum Gasteiger partial charge on any atom is 0.416 e. The second-order valence-electron chi connectivity index (χ2n) is 6.56. The van der Waals surface area contributed by atoms with Crippen molar-refractivity contribution in [3.8, 4) is 0 Å². The Balaban J connectivity index is 1.57. The topological polar surface area (TPSA) is 49.4 Å². The Morgan fingerprint density at radius 3 is 2.43 bits per heavy atom. The largest absolute Gasteiger partial charge is 0.416 e. The van der Waals surface area contributed by atoms with Crippen molar-refractivity contribution in [3.63, 3.8) is 0 Å². The van der Waals surface area contributed by atoms with Crippen LogP contribution in [0.25, 0.3) is 0 Å². The van der Waals surface area contributed by atoms with Crippen molar-refractivity contribution in [3.05, 3.63) is 50.1 Å². The zero-order valence-corrected chi connectivity index (χ0v) is 17.6. The molecule has 1 aliphatic heterocycles. The fraction of sp³-hybridized carbons (Fsp3) is 0.412. The summed E-state index contributed by atoms with van der Waals surface area (Å²) in [4.78, 5) is 1.98. The van der Waals surface area contributed by atoms with Crippen LogP contribution in [-0.2, 0) is 22.7 Å². The van der Waals surface area contributed by atoms with Crippen LogP contribution in [0.3, 0.4) is 0 Å². The highest BCUT2D eigenvalue weighted by molar-refractivity contribution is 7.89. The van der Waals surface area contributed by atoms with E-state index in [0.717, 1.165) is 23.5 Å². The molecule has 1 aromatic heterocycles. The minimum atomic E-state index is -4.37. The standard InChI is InChI=1S/C17H17Cl2F3N2O2S2/c18-15-9-14(16(19)27-15)28(25,26)23-13-4-6-24(7-5-13)10-11-2-1-3-12(8-11)17(20,21)22/h1-3,8-9,13,23H,4-7,10H2. The molecule has 0 amide bonds. The minimum Gasteiger partial charge on any atom is -0.299 e. The molecule has 2 heterocycles. The number of hydrogen-bond donors (Lipinski definition) is 1. The predicted octanol–water partition coefficient (Wildman–Crippen LogP) is 5.02. The normalized spacial score (nSPS) is 17.2. The maximum absolute atomic E-state index is 12.8. The van der Waals surface area contributed by atoms with Gasteiger partial charge in [0.15, 0.2) is 0 Å². The highest BCUT2D eigenvalue weighted by Crippen LogP contribution is 2.34. The number of likely N-dealkylation sites (tertiary alicyclic amines) is 1. The van der Waals surface area contributed by atoms with Crippen molar-refractivity contribution in [2.75, 3.05) is 13.1 Å². The lowest BCUT2D eigenvalue weighted by molar-refractivity contribution is -0.137. The molecule has 0 spiro atoms. The second-order valence-corrected chi connectivity index (χ2v) is 10.5. The first kappa shape index (κ1) is 21.9. The number of hydrogen-bond acceptors (Lipinski definition) is 4. The minimum absolute atomic E-state index is 0.0319. The van der Waals surface area contributed by atoms with Gasteiger partial charge in [0.25, 0.3) is 0 Å². The fourth-order valence-electron chi connectivity index (χ4n) is 3.10. The molecule has 1 saturated heterocycles. The SMILES string of the molecule is O=S(=O)(NC1CCN(Cc2cccc(C(F)(F)F)c2)CC1)c1cc(Cl)sc1Cl. The van der Waals surface area contributed by atoms with Gasteiger partial charge in [0, 0.05) is 25.7 Å². The summed E-state index contributed by atoms with van der Waals surface area (Å²) >= 11 is 12.7. The molecule has 3 rings (SSSR count). The number of nitrogens with one attached hydrogen (secondary N) is 1. The van der Waals surface area contributed by atoms with Crippen LogP contribution in [0.4, 0.5) is 13.2 Å². The lowest BCUT2D eigenvalue weighted by atomic mass is 10.0. The molecule has 2 aromatic rings. The summed E-state index contributed by atoms with van der Waals surface area (Å²) in [7, 11) is -3.77. The van der Waals surface area contributed by atoms with Gasteiger partial charge in [-0.25, -0.2) is 13.1 Å². The van der Waals surface area contributed by atoms with E-state index < -0.39 is 21.8 Å². The number of piperidine rings is 1. The van der Waals surface area contributed by atoms with Crippen LogP contribution in [0, 0.1) is 0 Å². The molecular formula is C17H17Cl2F3N2O2S2. The van der Waals surface area contributed by atoms with E-state index in [4.69, 9.17) is 23.2 Å². The number of benzene rings is 1. The molecule has 0 saturated carbocycles. The quantitative estimate of drug-likeness (QED) is 0.664. The lowest BCUT2D eigenvalue weighted by Crippen LogP contribution is -2.44. The van der Waals surface area contributed by atoms with Gasteiger partial charge in [-0.2, -0.15) is 13.2 Å². The van der Waals surface area contributed by atoms with Gasteiger partial charge < -0.3 is 0 Å². The van der Waals surface area contributed by atoms with Crippen LogP contribution >= 0.6 is 34.5 Å². The molecule has 11 heteroatoms. The fourth-order valence-corrected chi connectivity index (χ4v) is 6.56. The summed E-state index contributed by atoms with van der Waals surface area (Å²) in [6.07, 6.45) is -3.27. The molecule has 4 nitrogen and oxygen atoms in total. The molecule has 1 aliphatic rings. The number of thiophene rings is 1. The number of sulfonamides is 1. The van der Waals surface area contributed by atoms with Crippen molar-refractivity contribution in [1.82, 2.24) is 9.62 Å². The number of nitrogens with zero attached hydrogens (tertiary/aromatic N) is 1. The van der Waals surface area contributed by atoms with Gasteiger partial charge in [0.2, 0.25) is 10.0 Å². The van der Waals surface area contributed by atoms with E-state index in [2.05, 4.69) is 4.72 Å². The van der Waals surface area contributed by atoms with Crippen molar-refractivity contribution in [2.45, 2.75) is 36.5 Å². The average molecular weight is 473 g/mol. The van der Waals surface area contributed by atoms with E-state index in [9.17, 15) is 21.6 Å². The Kier molecular flexibility index (Phi) is 6.63. The Bertz CT molecular complexity index is 940. The number of alkyl halides is 3. The second kappa shape index (κ2) is 8.49. The third kappa shape index (κ3) is 5.40. The van der Waals surface area contributed by atoms with E-state index in [1.165, 1.54) is 12.1 Å². The molecule has 0 atom stereocenters. The molecule has 0 aliphatic carbocycles. The lowest BCUT2D eigenvalue weighted by Gasteiger charge is -2.32. The van der Waals surface area contributed by atoms with E-state index in [1.807, 2.05) is 4.90 Å². The van der Waals surface area contributed by atoms with Gasteiger partial charge >= 0.3 is 6.18 Å². The Labute approximate surface area is 175 Å². The molecule has 154 valence electrons.